The smallest absolute Gasteiger partial charge is 0.380 e. The summed E-state index contributed by atoms with van der Waals surface area (Å²) >= 11 is 0. The molecule has 0 saturated carbocycles. The second kappa shape index (κ2) is 4.94. The predicted octanol–water partition coefficient (Wildman–Crippen LogP) is 3.03. The molecule has 3 rings (SSSR count). The Balaban J connectivity index is 2.07. The Bertz CT molecular complexity index is 619. The van der Waals surface area contributed by atoms with Gasteiger partial charge in [-0.1, -0.05) is 0 Å². The molecule has 2 heterocycles. The molecule has 2 N–H and O–H groups in total. The highest BCUT2D eigenvalue weighted by Gasteiger charge is 2.31. The van der Waals surface area contributed by atoms with Crippen molar-refractivity contribution in [1.82, 2.24) is 10.3 Å². The van der Waals surface area contributed by atoms with Crippen molar-refractivity contribution < 1.29 is 13.2 Å². The molecule has 0 amide bonds. The molecular formula is C14H14F3N3. The van der Waals surface area contributed by atoms with E-state index in [-0.39, 0.29) is 6.04 Å². The van der Waals surface area contributed by atoms with Gasteiger partial charge in [-0.3, -0.25) is 4.98 Å². The van der Waals surface area contributed by atoms with Gasteiger partial charge in [0.05, 0.1) is 11.1 Å². The van der Waals surface area contributed by atoms with E-state index in [1.165, 1.54) is 12.3 Å². The first-order chi connectivity index (χ1) is 9.54. The average molecular weight is 281 g/mol. The highest BCUT2D eigenvalue weighted by atomic mass is 19.4. The number of anilines is 1. The topological polar surface area (TPSA) is 37.0 Å². The summed E-state index contributed by atoms with van der Waals surface area (Å²) in [6.45, 7) is 1.64. The largest absolute Gasteiger partial charge is 0.416 e. The van der Waals surface area contributed by atoms with Crippen molar-refractivity contribution in [3.8, 4) is 0 Å². The quantitative estimate of drug-likeness (QED) is 0.888. The lowest BCUT2D eigenvalue weighted by molar-refractivity contribution is -0.137. The lowest BCUT2D eigenvalue weighted by Gasteiger charge is -2.17. The van der Waals surface area contributed by atoms with Gasteiger partial charge in [0, 0.05) is 29.9 Å². The molecule has 0 spiro atoms. The van der Waals surface area contributed by atoms with Gasteiger partial charge in [0.1, 0.15) is 0 Å². The minimum Gasteiger partial charge on any atom is -0.380 e. The number of fused-ring (bicyclic) bond motifs is 1. The van der Waals surface area contributed by atoms with Gasteiger partial charge in [-0.2, -0.15) is 13.2 Å². The molecule has 20 heavy (non-hydrogen) atoms. The van der Waals surface area contributed by atoms with Gasteiger partial charge in [-0.05, 0) is 37.2 Å². The second-order valence-corrected chi connectivity index (χ2v) is 4.93. The van der Waals surface area contributed by atoms with Crippen molar-refractivity contribution in [2.75, 3.05) is 18.4 Å². The number of pyridine rings is 1. The monoisotopic (exact) mass is 281 g/mol. The van der Waals surface area contributed by atoms with Crippen LogP contribution in [0.5, 0.6) is 0 Å². The Morgan fingerprint density at radius 2 is 2.15 bits per heavy atom. The number of hydrogen-bond acceptors (Lipinski definition) is 3. The fourth-order valence-corrected chi connectivity index (χ4v) is 2.46. The number of halogens is 3. The third-order valence-corrected chi connectivity index (χ3v) is 3.47. The van der Waals surface area contributed by atoms with E-state index in [1.54, 1.807) is 12.1 Å². The zero-order valence-corrected chi connectivity index (χ0v) is 10.7. The molecule has 3 nitrogen and oxygen atoms in total. The van der Waals surface area contributed by atoms with Gasteiger partial charge in [0.2, 0.25) is 0 Å². The third kappa shape index (κ3) is 2.56. The lowest BCUT2D eigenvalue weighted by atomic mass is 10.1. The number of nitrogens with one attached hydrogen (secondary N) is 2. The molecule has 1 aromatic carbocycles. The Labute approximate surface area is 114 Å². The Morgan fingerprint density at radius 3 is 2.85 bits per heavy atom. The first kappa shape index (κ1) is 13.2. The molecule has 1 atom stereocenters. The number of hydrogen-bond donors (Lipinski definition) is 2. The maximum absolute atomic E-state index is 12.9. The van der Waals surface area contributed by atoms with Gasteiger partial charge >= 0.3 is 6.18 Å². The second-order valence-electron chi connectivity index (χ2n) is 4.93. The number of benzene rings is 1. The van der Waals surface area contributed by atoms with Crippen LogP contribution in [0.1, 0.15) is 12.0 Å². The first-order valence-electron chi connectivity index (χ1n) is 6.47. The molecule has 106 valence electrons. The van der Waals surface area contributed by atoms with Crippen molar-refractivity contribution >= 4 is 16.6 Å². The molecule has 1 aromatic heterocycles. The predicted molar refractivity (Wildman–Crippen MR) is 71.6 cm³/mol. The zero-order chi connectivity index (χ0) is 14.2. The molecule has 0 radical (unpaired) electrons. The maximum atomic E-state index is 12.9. The fraction of sp³-hybridized carbons (Fsp3) is 0.357. The van der Waals surface area contributed by atoms with Gasteiger partial charge in [0.25, 0.3) is 0 Å². The summed E-state index contributed by atoms with van der Waals surface area (Å²) in [4.78, 5) is 4.03. The van der Waals surface area contributed by atoms with Crippen LogP contribution in [-0.4, -0.2) is 24.1 Å². The van der Waals surface area contributed by atoms with Gasteiger partial charge in [-0.25, -0.2) is 0 Å². The molecule has 1 fully saturated rings. The van der Waals surface area contributed by atoms with Crippen molar-refractivity contribution in [3.63, 3.8) is 0 Å². The summed E-state index contributed by atoms with van der Waals surface area (Å²) in [6.07, 6.45) is -1.96. The van der Waals surface area contributed by atoms with E-state index in [0.717, 1.165) is 25.6 Å². The first-order valence-corrected chi connectivity index (χ1v) is 6.47. The number of rotatable bonds is 2. The van der Waals surface area contributed by atoms with Crippen molar-refractivity contribution in [3.05, 3.63) is 36.0 Å². The van der Waals surface area contributed by atoms with Crippen LogP contribution in [0.3, 0.4) is 0 Å². The summed E-state index contributed by atoms with van der Waals surface area (Å²) < 4.78 is 38.8. The van der Waals surface area contributed by atoms with Gasteiger partial charge in [0.15, 0.2) is 0 Å². The van der Waals surface area contributed by atoms with E-state index in [4.69, 9.17) is 0 Å². The number of nitrogens with zero attached hydrogens (tertiary/aromatic N) is 1. The highest BCUT2D eigenvalue weighted by Crippen LogP contribution is 2.35. The van der Waals surface area contributed by atoms with E-state index in [1.807, 2.05) is 0 Å². The summed E-state index contributed by atoms with van der Waals surface area (Å²) in [6, 6.07) is 5.93. The third-order valence-electron chi connectivity index (χ3n) is 3.47. The summed E-state index contributed by atoms with van der Waals surface area (Å²) in [5.74, 6) is 0. The van der Waals surface area contributed by atoms with Gasteiger partial charge in [-0.15, -0.1) is 0 Å². The summed E-state index contributed by atoms with van der Waals surface area (Å²) in [5.41, 5.74) is 0.185. The molecule has 0 bridgehead atoms. The van der Waals surface area contributed by atoms with Crippen molar-refractivity contribution in [1.29, 1.82) is 0 Å². The normalized spacial score (nSPS) is 19.4. The molecule has 1 aliphatic heterocycles. The lowest BCUT2D eigenvalue weighted by Crippen LogP contribution is -2.22. The Morgan fingerprint density at radius 1 is 1.30 bits per heavy atom. The summed E-state index contributed by atoms with van der Waals surface area (Å²) in [7, 11) is 0. The molecule has 0 unspecified atom stereocenters. The fourth-order valence-electron chi connectivity index (χ4n) is 2.46. The standard InChI is InChI=1S/C14H14F3N3/c15-14(16,17)9-6-12-11(2-1-4-19-12)13(7-9)20-10-3-5-18-8-10/h1-2,4,6-7,10,18,20H,3,5,8H2/t10-/m1/s1. The van der Waals surface area contributed by atoms with Crippen LogP contribution in [0.15, 0.2) is 30.5 Å². The SMILES string of the molecule is FC(F)(F)c1cc(N[C@@H]2CCNC2)c2cccnc2c1. The van der Waals surface area contributed by atoms with Crippen molar-refractivity contribution in [2.24, 2.45) is 0 Å². The van der Waals surface area contributed by atoms with E-state index in [2.05, 4.69) is 15.6 Å². The molecule has 2 aromatic rings. The van der Waals surface area contributed by atoms with Crippen LogP contribution < -0.4 is 10.6 Å². The Kier molecular flexibility index (Phi) is 3.25. The van der Waals surface area contributed by atoms with Gasteiger partial charge < -0.3 is 10.6 Å². The number of aromatic nitrogens is 1. The molecular weight excluding hydrogens is 267 g/mol. The Hall–Kier alpha value is -1.82. The van der Waals surface area contributed by atoms with Crippen LogP contribution in [0, 0.1) is 0 Å². The van der Waals surface area contributed by atoms with Crippen molar-refractivity contribution in [2.45, 2.75) is 18.6 Å². The average Bonchev–Trinajstić information content (AvgIpc) is 2.90. The maximum Gasteiger partial charge on any atom is 0.416 e. The van der Waals surface area contributed by atoms with Crippen LogP contribution in [-0.2, 0) is 6.18 Å². The van der Waals surface area contributed by atoms with E-state index in [9.17, 15) is 13.2 Å². The van der Waals surface area contributed by atoms with E-state index < -0.39 is 11.7 Å². The van der Waals surface area contributed by atoms with Crippen LogP contribution in [0.2, 0.25) is 0 Å². The highest BCUT2D eigenvalue weighted by molar-refractivity contribution is 5.92. The molecule has 6 heteroatoms. The van der Waals surface area contributed by atoms with Crippen LogP contribution >= 0.6 is 0 Å². The van der Waals surface area contributed by atoms with E-state index in [0.29, 0.717) is 16.6 Å². The zero-order valence-electron chi connectivity index (χ0n) is 10.7. The number of alkyl halides is 3. The van der Waals surface area contributed by atoms with Crippen LogP contribution in [0.25, 0.3) is 10.9 Å². The molecule has 1 aliphatic rings. The molecule has 1 saturated heterocycles. The minimum absolute atomic E-state index is 0.155. The summed E-state index contributed by atoms with van der Waals surface area (Å²) in [5, 5.41) is 7.09. The minimum atomic E-state index is -4.37. The molecule has 0 aliphatic carbocycles. The van der Waals surface area contributed by atoms with E-state index >= 15 is 0 Å². The van der Waals surface area contributed by atoms with Crippen LogP contribution in [0.4, 0.5) is 18.9 Å².